The van der Waals surface area contributed by atoms with Crippen molar-refractivity contribution in [3.63, 3.8) is 0 Å². The van der Waals surface area contributed by atoms with E-state index in [-0.39, 0.29) is 5.96 Å². The number of amidine groups is 1. The van der Waals surface area contributed by atoms with Crippen molar-refractivity contribution in [2.45, 2.75) is 13.3 Å². The van der Waals surface area contributed by atoms with Crippen LogP contribution in [0.25, 0.3) is 0 Å². The molecule has 4 N–H and O–H groups in total. The molecular formula is C11H16N4. The number of hydrogen-bond donors (Lipinski definition) is 2. The minimum Gasteiger partial charge on any atom is -0.387 e. The number of nitrogens with zero attached hydrogens (tertiary/aromatic N) is 2. The molecule has 0 radical (unpaired) electrons. The van der Waals surface area contributed by atoms with Gasteiger partial charge in [0.2, 0.25) is 5.96 Å². The molecule has 4 heteroatoms. The van der Waals surface area contributed by atoms with Gasteiger partial charge in [-0.15, -0.1) is 0 Å². The molecule has 0 bridgehead atoms. The van der Waals surface area contributed by atoms with Gasteiger partial charge in [-0.2, -0.15) is 0 Å². The number of hydrogen-bond acceptors (Lipinski definition) is 1. The van der Waals surface area contributed by atoms with Crippen molar-refractivity contribution < 1.29 is 0 Å². The van der Waals surface area contributed by atoms with E-state index in [4.69, 9.17) is 11.5 Å². The molecule has 80 valence electrons. The van der Waals surface area contributed by atoms with Crippen LogP contribution in [0.1, 0.15) is 12.5 Å². The lowest BCUT2D eigenvalue weighted by Crippen LogP contribution is -2.16. The minimum atomic E-state index is 0.242. The molecule has 0 atom stereocenters. The van der Waals surface area contributed by atoms with E-state index in [2.05, 4.69) is 22.1 Å². The maximum absolute atomic E-state index is 5.52. The highest BCUT2D eigenvalue weighted by atomic mass is 15.1. The molecule has 0 heterocycles. The van der Waals surface area contributed by atoms with Gasteiger partial charge in [-0.1, -0.05) is 30.3 Å². The van der Waals surface area contributed by atoms with Gasteiger partial charge in [0, 0.05) is 6.54 Å². The Morgan fingerprint density at radius 1 is 1.20 bits per heavy atom. The standard InChI is InChI=1S/C11H16N4/c1-9(12)15-11(13)14-8-7-10-5-3-2-4-6-10/h2-6H,7-8H2,1H3,(H4,12,13,14,15). The molecule has 0 aromatic heterocycles. The molecule has 0 fully saturated rings. The molecule has 1 aromatic rings. The van der Waals surface area contributed by atoms with Crippen molar-refractivity contribution in [3.8, 4) is 0 Å². The fraction of sp³-hybridized carbons (Fsp3) is 0.273. The minimum absolute atomic E-state index is 0.242. The van der Waals surface area contributed by atoms with Gasteiger partial charge in [0.05, 0.1) is 5.84 Å². The van der Waals surface area contributed by atoms with Gasteiger partial charge >= 0.3 is 0 Å². The summed E-state index contributed by atoms with van der Waals surface area (Å²) < 4.78 is 0. The largest absolute Gasteiger partial charge is 0.387 e. The first-order chi connectivity index (χ1) is 7.18. The first-order valence-corrected chi connectivity index (χ1v) is 4.83. The first kappa shape index (κ1) is 11.2. The van der Waals surface area contributed by atoms with Gasteiger partial charge in [0.25, 0.3) is 0 Å². The molecule has 1 aromatic carbocycles. The summed E-state index contributed by atoms with van der Waals surface area (Å²) in [6, 6.07) is 10.1. The number of nitrogens with two attached hydrogens (primary N) is 2. The highest BCUT2D eigenvalue weighted by Crippen LogP contribution is 1.99. The summed E-state index contributed by atoms with van der Waals surface area (Å²) in [7, 11) is 0. The highest BCUT2D eigenvalue weighted by Gasteiger charge is 1.91. The van der Waals surface area contributed by atoms with E-state index < -0.39 is 0 Å². The van der Waals surface area contributed by atoms with Gasteiger partial charge in [-0.3, -0.25) is 4.99 Å². The molecular weight excluding hydrogens is 188 g/mol. The van der Waals surface area contributed by atoms with Gasteiger partial charge in [0.15, 0.2) is 0 Å². The van der Waals surface area contributed by atoms with Gasteiger partial charge in [0.1, 0.15) is 0 Å². The molecule has 0 unspecified atom stereocenters. The van der Waals surface area contributed by atoms with Crippen LogP contribution in [0.3, 0.4) is 0 Å². The van der Waals surface area contributed by atoms with Crippen LogP contribution >= 0.6 is 0 Å². The normalized spacial score (nSPS) is 12.9. The molecule has 15 heavy (non-hydrogen) atoms. The van der Waals surface area contributed by atoms with Crippen molar-refractivity contribution in [3.05, 3.63) is 35.9 Å². The average Bonchev–Trinajstić information content (AvgIpc) is 2.18. The SMILES string of the molecule is C/C(N)=N\C(N)=NCCc1ccccc1. The quantitative estimate of drug-likeness (QED) is 0.567. The third kappa shape index (κ3) is 4.81. The van der Waals surface area contributed by atoms with E-state index in [0.29, 0.717) is 12.4 Å². The van der Waals surface area contributed by atoms with Crippen LogP contribution in [0.4, 0.5) is 0 Å². The summed E-state index contributed by atoms with van der Waals surface area (Å²) >= 11 is 0. The average molecular weight is 204 g/mol. The zero-order valence-electron chi connectivity index (χ0n) is 8.85. The molecule has 0 aliphatic rings. The Morgan fingerprint density at radius 2 is 1.87 bits per heavy atom. The smallest absolute Gasteiger partial charge is 0.216 e. The van der Waals surface area contributed by atoms with Gasteiger partial charge in [-0.25, -0.2) is 4.99 Å². The Hall–Kier alpha value is -1.84. The molecule has 1 rings (SSSR count). The fourth-order valence-corrected chi connectivity index (χ4v) is 1.16. The van der Waals surface area contributed by atoms with E-state index in [9.17, 15) is 0 Å². The lowest BCUT2D eigenvalue weighted by molar-refractivity contribution is 0.962. The fourth-order valence-electron chi connectivity index (χ4n) is 1.16. The summed E-state index contributed by atoms with van der Waals surface area (Å²) in [6.45, 7) is 2.31. The topological polar surface area (TPSA) is 76.8 Å². The van der Waals surface area contributed by atoms with Crippen LogP contribution in [0.2, 0.25) is 0 Å². The Bertz CT molecular complexity index is 350. The summed E-state index contributed by atoms with van der Waals surface area (Å²) in [6.07, 6.45) is 0.862. The second kappa shape index (κ2) is 5.80. The van der Waals surface area contributed by atoms with Gasteiger partial charge < -0.3 is 11.5 Å². The third-order valence-electron chi connectivity index (χ3n) is 1.81. The van der Waals surface area contributed by atoms with Crippen LogP contribution in [-0.2, 0) is 6.42 Å². The summed E-state index contributed by atoms with van der Waals surface area (Å²) in [5.74, 6) is 0.668. The molecule has 0 amide bonds. The number of guanidine groups is 1. The molecule has 0 aliphatic carbocycles. The van der Waals surface area contributed by atoms with Crippen molar-refractivity contribution in [2.24, 2.45) is 21.5 Å². The monoisotopic (exact) mass is 204 g/mol. The second-order valence-electron chi connectivity index (χ2n) is 3.23. The Morgan fingerprint density at radius 3 is 2.47 bits per heavy atom. The Balaban J connectivity index is 2.42. The lowest BCUT2D eigenvalue weighted by Gasteiger charge is -1.97. The molecule has 0 aliphatic heterocycles. The molecule has 0 saturated carbocycles. The van der Waals surface area contributed by atoms with E-state index >= 15 is 0 Å². The predicted octanol–water partition coefficient (Wildman–Crippen LogP) is 0.921. The number of aliphatic imine (C=N–C) groups is 2. The summed E-state index contributed by atoms with van der Waals surface area (Å²) in [5, 5.41) is 0. The highest BCUT2D eigenvalue weighted by molar-refractivity contribution is 5.93. The summed E-state index contributed by atoms with van der Waals surface area (Å²) in [4.78, 5) is 7.92. The molecule has 4 nitrogen and oxygen atoms in total. The summed E-state index contributed by atoms with van der Waals surface area (Å²) in [5.41, 5.74) is 12.1. The first-order valence-electron chi connectivity index (χ1n) is 4.83. The van der Waals surface area contributed by atoms with Crippen LogP contribution in [0.15, 0.2) is 40.3 Å². The van der Waals surface area contributed by atoms with Crippen molar-refractivity contribution in [1.82, 2.24) is 0 Å². The van der Waals surface area contributed by atoms with Crippen LogP contribution in [0, 0.1) is 0 Å². The zero-order chi connectivity index (χ0) is 11.1. The lowest BCUT2D eigenvalue weighted by atomic mass is 10.2. The second-order valence-corrected chi connectivity index (χ2v) is 3.23. The predicted molar refractivity (Wildman–Crippen MR) is 63.9 cm³/mol. The third-order valence-corrected chi connectivity index (χ3v) is 1.81. The van der Waals surface area contributed by atoms with Crippen LogP contribution in [-0.4, -0.2) is 18.3 Å². The Labute approximate surface area is 89.7 Å². The van der Waals surface area contributed by atoms with Gasteiger partial charge in [-0.05, 0) is 18.9 Å². The number of rotatable bonds is 3. The maximum Gasteiger partial charge on any atom is 0.216 e. The van der Waals surface area contributed by atoms with Crippen LogP contribution < -0.4 is 11.5 Å². The molecule has 0 spiro atoms. The zero-order valence-corrected chi connectivity index (χ0v) is 8.85. The Kier molecular flexibility index (Phi) is 4.34. The molecule has 0 saturated heterocycles. The van der Waals surface area contributed by atoms with Crippen molar-refractivity contribution >= 4 is 11.8 Å². The van der Waals surface area contributed by atoms with Crippen molar-refractivity contribution in [2.75, 3.05) is 6.54 Å². The number of benzene rings is 1. The maximum atomic E-state index is 5.52. The van der Waals surface area contributed by atoms with E-state index in [1.165, 1.54) is 5.56 Å². The van der Waals surface area contributed by atoms with Crippen molar-refractivity contribution in [1.29, 1.82) is 0 Å². The van der Waals surface area contributed by atoms with E-state index in [0.717, 1.165) is 6.42 Å². The van der Waals surface area contributed by atoms with E-state index in [1.54, 1.807) is 6.92 Å². The van der Waals surface area contributed by atoms with E-state index in [1.807, 2.05) is 18.2 Å². The van der Waals surface area contributed by atoms with Crippen LogP contribution in [0.5, 0.6) is 0 Å².